The van der Waals surface area contributed by atoms with E-state index in [0.29, 0.717) is 18.6 Å². The first-order valence-electron chi connectivity index (χ1n) is 6.25. The van der Waals surface area contributed by atoms with Crippen LogP contribution in [0.3, 0.4) is 0 Å². The maximum absolute atomic E-state index is 11.0. The minimum Gasteiger partial charge on any atom is -0.373 e. The minimum absolute atomic E-state index is 0.0457. The summed E-state index contributed by atoms with van der Waals surface area (Å²) in [5.41, 5.74) is 0. The minimum atomic E-state index is -4.13. The van der Waals surface area contributed by atoms with Crippen LogP contribution in [-0.2, 0) is 14.9 Å². The molecule has 0 atom stereocenters. The second kappa shape index (κ2) is 8.36. The van der Waals surface area contributed by atoms with Gasteiger partial charge in [-0.05, 0) is 11.5 Å². The molecule has 0 amide bonds. The van der Waals surface area contributed by atoms with Crippen molar-refractivity contribution in [3.05, 3.63) is 67.8 Å². The summed E-state index contributed by atoms with van der Waals surface area (Å²) in [5.74, 6) is 0. The number of hydrogen-bond donors (Lipinski definition) is 1. The van der Waals surface area contributed by atoms with Gasteiger partial charge in [0.25, 0.3) is 10.1 Å². The molecule has 2 aromatic rings. The predicted molar refractivity (Wildman–Crippen MR) is 85.0 cm³/mol. The average Bonchev–Trinajstić information content (AvgIpc) is 2.47. The molecule has 2 rings (SSSR count). The van der Waals surface area contributed by atoms with Gasteiger partial charge in [-0.2, -0.15) is 8.42 Å². The Morgan fingerprint density at radius 3 is 2.14 bits per heavy atom. The third-order valence-corrected chi connectivity index (χ3v) is 3.41. The molecule has 0 radical (unpaired) electrons. The van der Waals surface area contributed by atoms with Crippen LogP contribution in [0.5, 0.6) is 0 Å². The van der Waals surface area contributed by atoms with E-state index in [9.17, 15) is 8.42 Å². The fourth-order valence-electron chi connectivity index (χ4n) is 1.66. The van der Waals surface area contributed by atoms with E-state index in [4.69, 9.17) is 9.29 Å². The zero-order chi connectivity index (χ0) is 15.7. The quantitative estimate of drug-likeness (QED) is 0.522. The normalized spacial score (nSPS) is 10.5. The Labute approximate surface area is 125 Å². The lowest BCUT2D eigenvalue weighted by Crippen LogP contribution is -1.98. The van der Waals surface area contributed by atoms with Crippen molar-refractivity contribution in [3.63, 3.8) is 0 Å². The maximum Gasteiger partial charge on any atom is 0.295 e. The molecule has 0 saturated carbocycles. The van der Waals surface area contributed by atoms with Gasteiger partial charge in [0, 0.05) is 5.39 Å². The van der Waals surface area contributed by atoms with Crippen LogP contribution in [0, 0.1) is 0 Å². The standard InChI is InChI=1S/C10H8O3S.C6H10O/c11-14(12,13)10-7-3-5-8-4-1-2-6-9(8)10;1-3-5-7-6-4-2/h1-7H,(H,11,12,13);3-4H,1-2,5-6H2. The van der Waals surface area contributed by atoms with E-state index in [1.807, 2.05) is 6.07 Å². The van der Waals surface area contributed by atoms with Gasteiger partial charge in [0.2, 0.25) is 0 Å². The molecule has 0 heterocycles. The fraction of sp³-hybridized carbons (Fsp3) is 0.125. The number of ether oxygens (including phenoxy) is 1. The van der Waals surface area contributed by atoms with Gasteiger partial charge >= 0.3 is 0 Å². The highest BCUT2D eigenvalue weighted by atomic mass is 32.2. The fourth-order valence-corrected chi connectivity index (χ4v) is 2.37. The lowest BCUT2D eigenvalue weighted by Gasteiger charge is -2.02. The highest BCUT2D eigenvalue weighted by molar-refractivity contribution is 7.86. The van der Waals surface area contributed by atoms with Gasteiger partial charge in [-0.1, -0.05) is 48.6 Å². The average molecular weight is 306 g/mol. The molecule has 0 bridgehead atoms. The molecule has 0 saturated heterocycles. The number of fused-ring (bicyclic) bond motifs is 1. The summed E-state index contributed by atoms with van der Waals surface area (Å²) < 4.78 is 35.9. The molecular formula is C16H18O4S. The van der Waals surface area contributed by atoms with Crippen molar-refractivity contribution in [1.82, 2.24) is 0 Å². The smallest absolute Gasteiger partial charge is 0.295 e. The van der Waals surface area contributed by atoms with Crippen LogP contribution in [0.15, 0.2) is 72.7 Å². The van der Waals surface area contributed by atoms with Crippen molar-refractivity contribution in [3.8, 4) is 0 Å². The van der Waals surface area contributed by atoms with Gasteiger partial charge in [0.1, 0.15) is 4.90 Å². The first kappa shape index (κ1) is 17.1. The third kappa shape index (κ3) is 5.51. The monoisotopic (exact) mass is 306 g/mol. The Bertz CT molecular complexity index is 692. The molecule has 112 valence electrons. The molecule has 0 aromatic heterocycles. The van der Waals surface area contributed by atoms with E-state index in [0.717, 1.165) is 5.39 Å². The highest BCUT2D eigenvalue weighted by Crippen LogP contribution is 2.21. The van der Waals surface area contributed by atoms with E-state index in [1.54, 1.807) is 42.5 Å². The van der Waals surface area contributed by atoms with Gasteiger partial charge in [-0.15, -0.1) is 13.2 Å². The Kier molecular flexibility index (Phi) is 6.81. The lowest BCUT2D eigenvalue weighted by atomic mass is 10.1. The lowest BCUT2D eigenvalue weighted by molar-refractivity contribution is 0.194. The summed E-state index contributed by atoms with van der Waals surface area (Å²) in [6.07, 6.45) is 3.42. The van der Waals surface area contributed by atoms with E-state index in [1.165, 1.54) is 6.07 Å². The Balaban J connectivity index is 0.000000270. The molecule has 0 spiro atoms. The Morgan fingerprint density at radius 1 is 1.00 bits per heavy atom. The van der Waals surface area contributed by atoms with Gasteiger partial charge in [-0.25, -0.2) is 0 Å². The first-order valence-corrected chi connectivity index (χ1v) is 7.69. The highest BCUT2D eigenvalue weighted by Gasteiger charge is 2.12. The van der Waals surface area contributed by atoms with E-state index in [2.05, 4.69) is 13.2 Å². The van der Waals surface area contributed by atoms with Gasteiger partial charge in [0.05, 0.1) is 13.2 Å². The predicted octanol–water partition coefficient (Wildman–Crippen LogP) is 3.46. The van der Waals surface area contributed by atoms with Gasteiger partial charge < -0.3 is 4.74 Å². The van der Waals surface area contributed by atoms with Crippen LogP contribution in [0.4, 0.5) is 0 Å². The molecule has 0 unspecified atom stereocenters. The van der Waals surface area contributed by atoms with Crippen LogP contribution < -0.4 is 0 Å². The van der Waals surface area contributed by atoms with Crippen LogP contribution in [0.2, 0.25) is 0 Å². The molecule has 21 heavy (non-hydrogen) atoms. The second-order valence-electron chi connectivity index (χ2n) is 4.07. The largest absolute Gasteiger partial charge is 0.373 e. The summed E-state index contributed by atoms with van der Waals surface area (Å²) >= 11 is 0. The number of hydrogen-bond acceptors (Lipinski definition) is 3. The Morgan fingerprint density at radius 2 is 1.57 bits per heavy atom. The molecule has 0 fully saturated rings. The van der Waals surface area contributed by atoms with Crippen molar-refractivity contribution in [2.75, 3.05) is 13.2 Å². The van der Waals surface area contributed by atoms with Crippen molar-refractivity contribution in [2.24, 2.45) is 0 Å². The van der Waals surface area contributed by atoms with Crippen LogP contribution in [-0.4, -0.2) is 26.2 Å². The van der Waals surface area contributed by atoms with Crippen molar-refractivity contribution >= 4 is 20.9 Å². The molecule has 4 nitrogen and oxygen atoms in total. The summed E-state index contributed by atoms with van der Waals surface area (Å²) in [6.45, 7) is 8.18. The second-order valence-corrected chi connectivity index (χ2v) is 5.46. The van der Waals surface area contributed by atoms with E-state index >= 15 is 0 Å². The summed E-state index contributed by atoms with van der Waals surface area (Å²) in [5, 5.41) is 1.33. The number of rotatable bonds is 5. The van der Waals surface area contributed by atoms with Gasteiger partial charge in [0.15, 0.2) is 0 Å². The van der Waals surface area contributed by atoms with Crippen molar-refractivity contribution in [2.45, 2.75) is 4.90 Å². The van der Waals surface area contributed by atoms with Gasteiger partial charge in [-0.3, -0.25) is 4.55 Å². The van der Waals surface area contributed by atoms with Crippen LogP contribution in [0.25, 0.3) is 10.8 Å². The molecule has 2 aromatic carbocycles. The van der Waals surface area contributed by atoms with Crippen molar-refractivity contribution < 1.29 is 17.7 Å². The molecule has 1 N–H and O–H groups in total. The molecule has 5 heteroatoms. The van der Waals surface area contributed by atoms with Crippen LogP contribution in [0.1, 0.15) is 0 Å². The number of benzene rings is 2. The van der Waals surface area contributed by atoms with E-state index < -0.39 is 10.1 Å². The first-order chi connectivity index (χ1) is 10.0. The SMILES string of the molecule is C=CCOCC=C.O=S(=O)(O)c1cccc2ccccc12. The Hall–Kier alpha value is -1.95. The zero-order valence-corrected chi connectivity index (χ0v) is 12.4. The third-order valence-electron chi connectivity index (χ3n) is 2.50. The molecule has 0 aliphatic heterocycles. The topological polar surface area (TPSA) is 63.6 Å². The summed E-state index contributed by atoms with van der Waals surface area (Å²) in [6, 6.07) is 11.8. The van der Waals surface area contributed by atoms with Crippen molar-refractivity contribution in [1.29, 1.82) is 0 Å². The molecular weight excluding hydrogens is 288 g/mol. The van der Waals surface area contributed by atoms with Crippen LogP contribution >= 0.6 is 0 Å². The summed E-state index contributed by atoms with van der Waals surface area (Å²) in [7, 11) is -4.13. The van der Waals surface area contributed by atoms with E-state index in [-0.39, 0.29) is 4.90 Å². The zero-order valence-electron chi connectivity index (χ0n) is 11.6. The molecule has 0 aliphatic rings. The molecule has 0 aliphatic carbocycles. The summed E-state index contributed by atoms with van der Waals surface area (Å²) in [4.78, 5) is -0.0457. The maximum atomic E-state index is 11.0.